The lowest BCUT2D eigenvalue weighted by atomic mass is 9.83. The lowest BCUT2D eigenvalue weighted by Crippen LogP contribution is -2.54. The van der Waals surface area contributed by atoms with Crippen LogP contribution in [0.25, 0.3) is 0 Å². The maximum atomic E-state index is 12.4. The summed E-state index contributed by atoms with van der Waals surface area (Å²) in [5.74, 6) is -0.0572. The molecule has 2 aliphatic rings. The van der Waals surface area contributed by atoms with Crippen LogP contribution in [-0.2, 0) is 16.1 Å². The van der Waals surface area contributed by atoms with Gasteiger partial charge in [-0.3, -0.25) is 14.4 Å². The molecular formula is C17H25N5O2. The average molecular weight is 331 g/mol. The number of amides is 1. The molecule has 1 saturated carbocycles. The van der Waals surface area contributed by atoms with Crippen molar-refractivity contribution in [2.45, 2.75) is 50.3 Å². The van der Waals surface area contributed by atoms with E-state index in [4.69, 9.17) is 4.74 Å². The summed E-state index contributed by atoms with van der Waals surface area (Å²) in [6, 6.07) is 4.23. The molecule has 1 aromatic rings. The number of aromatic nitrogens is 2. The van der Waals surface area contributed by atoms with Gasteiger partial charge in [-0.25, -0.2) is 0 Å². The molecule has 2 heterocycles. The van der Waals surface area contributed by atoms with E-state index in [1.54, 1.807) is 6.20 Å². The topological polar surface area (TPSA) is 83.2 Å². The Balaban J connectivity index is 1.49. The predicted octanol–water partition coefficient (Wildman–Crippen LogP) is 0.927. The molecule has 0 spiro atoms. The molecule has 24 heavy (non-hydrogen) atoms. The van der Waals surface area contributed by atoms with Crippen LogP contribution >= 0.6 is 0 Å². The fourth-order valence-electron chi connectivity index (χ4n) is 3.58. The highest BCUT2D eigenvalue weighted by atomic mass is 16.5. The lowest BCUT2D eigenvalue weighted by Gasteiger charge is -2.35. The molecule has 1 N–H and O–H groups in total. The highest BCUT2D eigenvalue weighted by Gasteiger charge is 2.34. The monoisotopic (exact) mass is 331 g/mol. The number of carbonyl (C=O) groups excluding carboxylic acids is 1. The number of hydrogen-bond acceptors (Lipinski definition) is 5. The second-order valence-corrected chi connectivity index (χ2v) is 6.76. The Morgan fingerprint density at radius 1 is 1.42 bits per heavy atom. The Morgan fingerprint density at radius 2 is 2.25 bits per heavy atom. The largest absolute Gasteiger partial charge is 0.374 e. The minimum absolute atomic E-state index is 0.0334. The Hall–Kier alpha value is -1.91. The van der Waals surface area contributed by atoms with Gasteiger partial charge in [-0.15, -0.1) is 0 Å². The highest BCUT2D eigenvalue weighted by molar-refractivity contribution is 5.79. The van der Waals surface area contributed by atoms with E-state index >= 15 is 0 Å². The first-order valence-corrected chi connectivity index (χ1v) is 8.73. The quantitative estimate of drug-likeness (QED) is 0.868. The minimum atomic E-state index is -0.657. The third-order valence-electron chi connectivity index (χ3n) is 4.84. The molecule has 1 aliphatic carbocycles. The number of nitriles is 1. The molecule has 7 heteroatoms. The molecule has 1 saturated heterocycles. The van der Waals surface area contributed by atoms with Gasteiger partial charge in [-0.05, 0) is 18.9 Å². The van der Waals surface area contributed by atoms with E-state index in [-0.39, 0.29) is 12.0 Å². The van der Waals surface area contributed by atoms with Gasteiger partial charge in [0.15, 0.2) is 0 Å². The zero-order valence-corrected chi connectivity index (χ0v) is 14.0. The first kappa shape index (κ1) is 16.9. The second-order valence-electron chi connectivity index (χ2n) is 6.76. The smallest absolute Gasteiger partial charge is 0.235 e. The van der Waals surface area contributed by atoms with Crippen molar-refractivity contribution in [2.24, 2.45) is 0 Å². The van der Waals surface area contributed by atoms with E-state index in [9.17, 15) is 10.1 Å². The van der Waals surface area contributed by atoms with Gasteiger partial charge in [-0.1, -0.05) is 19.3 Å². The number of nitrogens with zero attached hydrogens (tertiary/aromatic N) is 4. The SMILES string of the molecule is N#CC1(NC(=O)CN2CCO[C@@H](Cn3cccn3)C2)CCCCC1. The standard InChI is InChI=1S/C17H25N5O2/c18-14-17(5-2-1-3-6-17)20-16(23)13-21-9-10-24-15(11-21)12-22-8-4-7-19-22/h4,7-8,15H,1-3,5-6,9-13H2,(H,20,23)/t15-/m1/s1. The number of morpholine rings is 1. The predicted molar refractivity (Wildman–Crippen MR) is 88.0 cm³/mol. The molecule has 1 atom stereocenters. The van der Waals surface area contributed by atoms with E-state index in [1.165, 1.54) is 0 Å². The van der Waals surface area contributed by atoms with Crippen molar-refractivity contribution in [2.75, 3.05) is 26.2 Å². The van der Waals surface area contributed by atoms with Crippen molar-refractivity contribution in [3.63, 3.8) is 0 Å². The van der Waals surface area contributed by atoms with Gasteiger partial charge in [-0.2, -0.15) is 10.4 Å². The maximum Gasteiger partial charge on any atom is 0.235 e. The molecule has 1 amide bonds. The van der Waals surface area contributed by atoms with Crippen LogP contribution in [0.1, 0.15) is 32.1 Å². The molecule has 0 unspecified atom stereocenters. The van der Waals surface area contributed by atoms with Crippen molar-refractivity contribution in [1.82, 2.24) is 20.0 Å². The van der Waals surface area contributed by atoms with Crippen LogP contribution in [0, 0.1) is 11.3 Å². The van der Waals surface area contributed by atoms with E-state index in [2.05, 4.69) is 21.4 Å². The Kier molecular flexibility index (Phi) is 5.48. The summed E-state index contributed by atoms with van der Waals surface area (Å²) in [5, 5.41) is 16.7. The number of nitrogens with one attached hydrogen (secondary N) is 1. The third-order valence-corrected chi connectivity index (χ3v) is 4.84. The number of rotatable bonds is 5. The van der Waals surface area contributed by atoms with Gasteiger partial charge in [0.05, 0.1) is 31.9 Å². The summed E-state index contributed by atoms with van der Waals surface area (Å²) in [7, 11) is 0. The lowest BCUT2D eigenvalue weighted by molar-refractivity contribution is -0.126. The van der Waals surface area contributed by atoms with E-state index in [0.29, 0.717) is 26.2 Å². The number of carbonyl (C=O) groups is 1. The van der Waals surface area contributed by atoms with Crippen LogP contribution in [0.3, 0.4) is 0 Å². The maximum absolute atomic E-state index is 12.4. The molecule has 2 fully saturated rings. The summed E-state index contributed by atoms with van der Waals surface area (Å²) in [5.41, 5.74) is -0.657. The molecule has 1 aliphatic heterocycles. The van der Waals surface area contributed by atoms with Gasteiger partial charge in [0, 0.05) is 25.5 Å². The van der Waals surface area contributed by atoms with Crippen LogP contribution in [0.5, 0.6) is 0 Å². The molecule has 1 aromatic heterocycles. The number of hydrogen-bond donors (Lipinski definition) is 1. The van der Waals surface area contributed by atoms with Crippen molar-refractivity contribution < 1.29 is 9.53 Å². The normalized spacial score (nSPS) is 24.2. The van der Waals surface area contributed by atoms with Crippen LogP contribution in [0.4, 0.5) is 0 Å². The van der Waals surface area contributed by atoms with Crippen molar-refractivity contribution >= 4 is 5.91 Å². The Morgan fingerprint density at radius 3 is 2.96 bits per heavy atom. The van der Waals surface area contributed by atoms with Crippen LogP contribution < -0.4 is 5.32 Å². The summed E-state index contributed by atoms with van der Waals surface area (Å²) in [6.07, 6.45) is 8.40. The fraction of sp³-hybridized carbons (Fsp3) is 0.706. The third kappa shape index (κ3) is 4.34. The second kappa shape index (κ2) is 7.77. The average Bonchev–Trinajstić information content (AvgIpc) is 3.09. The summed E-state index contributed by atoms with van der Waals surface area (Å²) >= 11 is 0. The van der Waals surface area contributed by atoms with Crippen molar-refractivity contribution in [3.8, 4) is 6.07 Å². The number of ether oxygens (including phenoxy) is 1. The van der Waals surface area contributed by atoms with Gasteiger partial charge >= 0.3 is 0 Å². The van der Waals surface area contributed by atoms with Crippen LogP contribution in [0.2, 0.25) is 0 Å². The summed E-state index contributed by atoms with van der Waals surface area (Å²) < 4.78 is 7.62. The van der Waals surface area contributed by atoms with E-state index in [1.807, 2.05) is 16.9 Å². The molecule has 3 rings (SSSR count). The minimum Gasteiger partial charge on any atom is -0.374 e. The Bertz CT molecular complexity index is 574. The summed E-state index contributed by atoms with van der Waals surface area (Å²) in [4.78, 5) is 14.5. The zero-order valence-electron chi connectivity index (χ0n) is 14.0. The van der Waals surface area contributed by atoms with Crippen molar-refractivity contribution in [1.29, 1.82) is 5.26 Å². The molecule has 0 bridgehead atoms. The molecular weight excluding hydrogens is 306 g/mol. The molecule has 130 valence electrons. The fourth-order valence-corrected chi connectivity index (χ4v) is 3.58. The van der Waals surface area contributed by atoms with Crippen LogP contribution in [-0.4, -0.2) is 58.5 Å². The van der Waals surface area contributed by atoms with Crippen LogP contribution in [0.15, 0.2) is 18.5 Å². The first-order chi connectivity index (χ1) is 11.7. The molecule has 0 aromatic carbocycles. The van der Waals surface area contributed by atoms with Crippen molar-refractivity contribution in [3.05, 3.63) is 18.5 Å². The molecule has 0 radical (unpaired) electrons. The van der Waals surface area contributed by atoms with E-state index in [0.717, 1.165) is 38.6 Å². The molecule has 7 nitrogen and oxygen atoms in total. The van der Waals surface area contributed by atoms with Gasteiger partial charge < -0.3 is 10.1 Å². The van der Waals surface area contributed by atoms with E-state index < -0.39 is 5.54 Å². The van der Waals surface area contributed by atoms with Gasteiger partial charge in [0.25, 0.3) is 0 Å². The first-order valence-electron chi connectivity index (χ1n) is 8.73. The summed E-state index contributed by atoms with van der Waals surface area (Å²) in [6.45, 7) is 3.06. The highest BCUT2D eigenvalue weighted by Crippen LogP contribution is 2.27. The zero-order chi connectivity index (χ0) is 16.8. The van der Waals surface area contributed by atoms with Gasteiger partial charge in [0.2, 0.25) is 5.91 Å². The van der Waals surface area contributed by atoms with Gasteiger partial charge in [0.1, 0.15) is 5.54 Å². The Labute approximate surface area is 142 Å².